The number of benzene rings is 1. The Hall–Kier alpha value is -1.05. The van der Waals surface area contributed by atoms with Crippen LogP contribution in [0.15, 0.2) is 34.2 Å². The van der Waals surface area contributed by atoms with E-state index >= 15 is 0 Å². The first-order chi connectivity index (χ1) is 6.27. The number of thioether (sulfide) groups is 1. The van der Waals surface area contributed by atoms with E-state index in [1.165, 1.54) is 4.90 Å². The van der Waals surface area contributed by atoms with Crippen molar-refractivity contribution in [1.82, 2.24) is 0 Å². The molecule has 0 aliphatic heterocycles. The van der Waals surface area contributed by atoms with E-state index < -0.39 is 0 Å². The predicted molar refractivity (Wildman–Crippen MR) is 54.8 cm³/mol. The van der Waals surface area contributed by atoms with Gasteiger partial charge in [0.05, 0.1) is 6.04 Å². The van der Waals surface area contributed by atoms with Crippen LogP contribution in [0, 0.1) is 0 Å². The summed E-state index contributed by atoms with van der Waals surface area (Å²) in [5, 5.41) is 0. The van der Waals surface area contributed by atoms with E-state index in [9.17, 15) is 4.79 Å². The first-order valence-corrected chi connectivity index (χ1v) is 5.21. The van der Waals surface area contributed by atoms with Gasteiger partial charge in [0.1, 0.15) is 0 Å². The van der Waals surface area contributed by atoms with E-state index in [0.717, 1.165) is 5.56 Å². The summed E-state index contributed by atoms with van der Waals surface area (Å²) < 4.78 is 0. The van der Waals surface area contributed by atoms with Gasteiger partial charge in [-0.2, -0.15) is 4.99 Å². The molecule has 0 heterocycles. The summed E-state index contributed by atoms with van der Waals surface area (Å²) in [6, 6.07) is 7.93. The maximum Gasteiger partial charge on any atom is 0.235 e. The van der Waals surface area contributed by atoms with Crippen molar-refractivity contribution < 1.29 is 4.79 Å². The van der Waals surface area contributed by atoms with Crippen LogP contribution in [0.3, 0.4) is 0 Å². The van der Waals surface area contributed by atoms with Gasteiger partial charge in [0.2, 0.25) is 6.08 Å². The van der Waals surface area contributed by atoms with E-state index in [1.54, 1.807) is 17.8 Å². The number of rotatable bonds is 3. The van der Waals surface area contributed by atoms with E-state index in [0.29, 0.717) is 0 Å². The monoisotopic (exact) mass is 193 g/mol. The molecule has 0 saturated carbocycles. The van der Waals surface area contributed by atoms with Crippen LogP contribution in [-0.2, 0) is 4.79 Å². The molecule has 1 atom stereocenters. The van der Waals surface area contributed by atoms with Crippen molar-refractivity contribution in [2.75, 3.05) is 6.26 Å². The van der Waals surface area contributed by atoms with Crippen LogP contribution in [0.25, 0.3) is 0 Å². The molecule has 0 radical (unpaired) electrons. The molecule has 0 spiro atoms. The summed E-state index contributed by atoms with van der Waals surface area (Å²) in [6.45, 7) is 1.87. The van der Waals surface area contributed by atoms with Gasteiger partial charge in [0.15, 0.2) is 0 Å². The first-order valence-electron chi connectivity index (χ1n) is 3.99. The van der Waals surface area contributed by atoms with Crippen LogP contribution < -0.4 is 0 Å². The Labute approximate surface area is 82.1 Å². The van der Waals surface area contributed by atoms with Crippen molar-refractivity contribution in [3.63, 3.8) is 0 Å². The van der Waals surface area contributed by atoms with Gasteiger partial charge in [-0.1, -0.05) is 12.1 Å². The van der Waals surface area contributed by atoms with Crippen molar-refractivity contribution in [1.29, 1.82) is 0 Å². The molecule has 0 aliphatic rings. The van der Waals surface area contributed by atoms with Crippen molar-refractivity contribution in [3.05, 3.63) is 29.8 Å². The molecule has 1 unspecified atom stereocenters. The molecule has 3 heteroatoms. The highest BCUT2D eigenvalue weighted by Gasteiger charge is 2.01. The normalized spacial score (nSPS) is 11.8. The molecule has 0 amide bonds. The maximum absolute atomic E-state index is 10.0. The molecule has 1 rings (SSSR count). The maximum atomic E-state index is 10.0. The zero-order valence-corrected chi connectivity index (χ0v) is 8.47. The first kappa shape index (κ1) is 10.0. The molecular formula is C10H11NOS. The third kappa shape index (κ3) is 2.72. The number of hydrogen-bond donors (Lipinski definition) is 0. The Morgan fingerprint density at radius 3 is 2.46 bits per heavy atom. The van der Waals surface area contributed by atoms with Crippen molar-refractivity contribution in [2.45, 2.75) is 17.9 Å². The van der Waals surface area contributed by atoms with Crippen LogP contribution in [0.2, 0.25) is 0 Å². The second-order valence-electron chi connectivity index (χ2n) is 2.67. The average Bonchev–Trinajstić information content (AvgIpc) is 2.18. The summed E-state index contributed by atoms with van der Waals surface area (Å²) in [5.41, 5.74) is 1.04. The lowest BCUT2D eigenvalue weighted by atomic mass is 10.1. The second-order valence-corrected chi connectivity index (χ2v) is 3.55. The topological polar surface area (TPSA) is 29.4 Å². The molecule has 0 aliphatic carbocycles. The predicted octanol–water partition coefficient (Wildman–Crippen LogP) is 2.81. The standard InChI is InChI=1S/C10H11NOS/c1-8(11-7-12)9-3-5-10(13-2)6-4-9/h3-6,8H,1-2H3. The summed E-state index contributed by atoms with van der Waals surface area (Å²) in [7, 11) is 0. The molecule has 0 saturated heterocycles. The fraction of sp³-hybridized carbons (Fsp3) is 0.300. The SMILES string of the molecule is CSc1ccc(C(C)N=C=O)cc1. The van der Waals surface area contributed by atoms with Crippen molar-refractivity contribution >= 4 is 17.8 Å². The number of carbonyl (C=O) groups excluding carboxylic acids is 1. The van der Waals surface area contributed by atoms with Crippen LogP contribution in [0.5, 0.6) is 0 Å². The molecule has 0 fully saturated rings. The zero-order chi connectivity index (χ0) is 9.68. The number of nitrogens with zero attached hydrogens (tertiary/aromatic N) is 1. The summed E-state index contributed by atoms with van der Waals surface area (Å²) in [4.78, 5) is 14.9. The summed E-state index contributed by atoms with van der Waals surface area (Å²) in [6.07, 6.45) is 3.59. The molecule has 68 valence electrons. The molecule has 0 N–H and O–H groups in total. The minimum absolute atomic E-state index is 0.0894. The second kappa shape index (κ2) is 4.85. The lowest BCUT2D eigenvalue weighted by Crippen LogP contribution is -1.88. The van der Waals surface area contributed by atoms with E-state index in [1.807, 2.05) is 37.4 Å². The fourth-order valence-corrected chi connectivity index (χ4v) is 1.44. The Morgan fingerprint density at radius 1 is 1.38 bits per heavy atom. The van der Waals surface area contributed by atoms with Gasteiger partial charge in [0, 0.05) is 4.90 Å². The zero-order valence-electron chi connectivity index (χ0n) is 7.65. The highest BCUT2D eigenvalue weighted by Crippen LogP contribution is 2.20. The quantitative estimate of drug-likeness (QED) is 0.419. The third-order valence-electron chi connectivity index (χ3n) is 1.84. The molecule has 2 nitrogen and oxygen atoms in total. The van der Waals surface area contributed by atoms with Crippen LogP contribution >= 0.6 is 11.8 Å². The average molecular weight is 193 g/mol. The summed E-state index contributed by atoms with van der Waals surface area (Å²) in [5.74, 6) is 0. The summed E-state index contributed by atoms with van der Waals surface area (Å²) >= 11 is 1.69. The van der Waals surface area contributed by atoms with E-state index in [-0.39, 0.29) is 6.04 Å². The molecule has 1 aromatic carbocycles. The van der Waals surface area contributed by atoms with Gasteiger partial charge >= 0.3 is 0 Å². The Morgan fingerprint density at radius 2 is 2.00 bits per heavy atom. The molecular weight excluding hydrogens is 182 g/mol. The third-order valence-corrected chi connectivity index (χ3v) is 2.59. The van der Waals surface area contributed by atoms with Gasteiger partial charge < -0.3 is 0 Å². The Kier molecular flexibility index (Phi) is 3.74. The van der Waals surface area contributed by atoms with Crippen LogP contribution in [-0.4, -0.2) is 12.3 Å². The Balaban J connectivity index is 2.85. The number of hydrogen-bond acceptors (Lipinski definition) is 3. The minimum Gasteiger partial charge on any atom is -0.211 e. The molecule has 13 heavy (non-hydrogen) atoms. The highest BCUT2D eigenvalue weighted by molar-refractivity contribution is 7.98. The van der Waals surface area contributed by atoms with E-state index in [2.05, 4.69) is 4.99 Å². The molecule has 0 aromatic heterocycles. The minimum atomic E-state index is -0.0894. The van der Waals surface area contributed by atoms with Crippen molar-refractivity contribution in [3.8, 4) is 0 Å². The van der Waals surface area contributed by atoms with Gasteiger partial charge in [-0.05, 0) is 30.9 Å². The largest absolute Gasteiger partial charge is 0.235 e. The smallest absolute Gasteiger partial charge is 0.211 e. The number of aliphatic imine (C=N–C) groups is 1. The van der Waals surface area contributed by atoms with E-state index in [4.69, 9.17) is 0 Å². The lowest BCUT2D eigenvalue weighted by molar-refractivity contribution is 0.559. The fourth-order valence-electron chi connectivity index (χ4n) is 1.04. The highest BCUT2D eigenvalue weighted by atomic mass is 32.2. The van der Waals surface area contributed by atoms with Gasteiger partial charge in [0.25, 0.3) is 0 Å². The molecule has 0 bridgehead atoms. The molecule has 1 aromatic rings. The van der Waals surface area contributed by atoms with Crippen LogP contribution in [0.1, 0.15) is 18.5 Å². The lowest BCUT2D eigenvalue weighted by Gasteiger charge is -2.04. The van der Waals surface area contributed by atoms with Gasteiger partial charge in [-0.25, -0.2) is 4.79 Å². The van der Waals surface area contributed by atoms with Crippen LogP contribution in [0.4, 0.5) is 0 Å². The van der Waals surface area contributed by atoms with Crippen molar-refractivity contribution in [2.24, 2.45) is 4.99 Å². The number of isocyanates is 1. The van der Waals surface area contributed by atoms with Gasteiger partial charge in [-0.3, -0.25) is 0 Å². The van der Waals surface area contributed by atoms with Gasteiger partial charge in [-0.15, -0.1) is 11.8 Å². The Bertz CT molecular complexity index is 314.